The first-order chi connectivity index (χ1) is 8.05. The first kappa shape index (κ1) is 12.0. The Morgan fingerprint density at radius 3 is 2.65 bits per heavy atom. The van der Waals surface area contributed by atoms with Crippen molar-refractivity contribution < 1.29 is 18.8 Å². The number of aromatic nitrogens is 1. The second kappa shape index (κ2) is 4.44. The molecule has 0 aliphatic heterocycles. The molecule has 1 fully saturated rings. The Morgan fingerprint density at radius 2 is 2.12 bits per heavy atom. The van der Waals surface area contributed by atoms with Crippen LogP contribution in [0.25, 0.3) is 0 Å². The SMILES string of the molecule is OB(O)c1ccncc1C#CC1(C(F)F)CC1. The number of pyridine rings is 1. The predicted octanol–water partition coefficient (Wildman–Crippen LogP) is 0.158. The van der Waals surface area contributed by atoms with E-state index in [9.17, 15) is 8.78 Å². The summed E-state index contributed by atoms with van der Waals surface area (Å²) in [6, 6.07) is 1.40. The van der Waals surface area contributed by atoms with Crippen molar-refractivity contribution in [1.29, 1.82) is 0 Å². The molecule has 1 aliphatic rings. The Labute approximate surface area is 97.6 Å². The van der Waals surface area contributed by atoms with E-state index in [1.165, 1.54) is 18.5 Å². The lowest BCUT2D eigenvalue weighted by molar-refractivity contribution is 0.0921. The highest BCUT2D eigenvalue weighted by molar-refractivity contribution is 6.59. The van der Waals surface area contributed by atoms with Crippen LogP contribution in [0.3, 0.4) is 0 Å². The van der Waals surface area contributed by atoms with Crippen LogP contribution in [0.1, 0.15) is 18.4 Å². The van der Waals surface area contributed by atoms with Gasteiger partial charge in [-0.25, -0.2) is 8.78 Å². The lowest BCUT2D eigenvalue weighted by atomic mass is 9.78. The van der Waals surface area contributed by atoms with E-state index < -0.39 is 19.0 Å². The average Bonchev–Trinajstić information content (AvgIpc) is 3.07. The molecule has 0 radical (unpaired) electrons. The van der Waals surface area contributed by atoms with Gasteiger partial charge in [-0.3, -0.25) is 4.98 Å². The Morgan fingerprint density at radius 1 is 1.41 bits per heavy atom. The molecule has 0 bridgehead atoms. The molecule has 2 rings (SSSR count). The maximum atomic E-state index is 12.6. The van der Waals surface area contributed by atoms with Crippen LogP contribution in [-0.2, 0) is 0 Å². The number of nitrogens with zero attached hydrogens (tertiary/aromatic N) is 1. The monoisotopic (exact) mass is 237 g/mol. The maximum absolute atomic E-state index is 12.6. The van der Waals surface area contributed by atoms with Gasteiger partial charge < -0.3 is 10.0 Å². The Kier molecular flexibility index (Phi) is 3.14. The van der Waals surface area contributed by atoms with E-state index in [-0.39, 0.29) is 11.0 Å². The van der Waals surface area contributed by atoms with Crippen molar-refractivity contribution in [3.63, 3.8) is 0 Å². The van der Waals surface area contributed by atoms with E-state index in [2.05, 4.69) is 16.8 Å². The van der Waals surface area contributed by atoms with E-state index >= 15 is 0 Å². The summed E-state index contributed by atoms with van der Waals surface area (Å²) < 4.78 is 25.2. The summed E-state index contributed by atoms with van der Waals surface area (Å²) in [5, 5.41) is 18.1. The molecule has 1 aliphatic carbocycles. The van der Waals surface area contributed by atoms with Crippen molar-refractivity contribution >= 4 is 12.6 Å². The van der Waals surface area contributed by atoms with E-state index in [0.717, 1.165) is 0 Å². The summed E-state index contributed by atoms with van der Waals surface area (Å²) >= 11 is 0. The molecule has 3 nitrogen and oxygen atoms in total. The zero-order valence-corrected chi connectivity index (χ0v) is 8.90. The standard InChI is InChI=1S/C11H10BF2NO2/c13-10(14)11(4-5-11)3-1-8-7-15-6-2-9(8)12(16)17/h2,6-7,10,16-17H,4-5H2. The molecule has 88 valence electrons. The van der Waals surface area contributed by atoms with Crippen molar-refractivity contribution in [1.82, 2.24) is 4.98 Å². The number of alkyl halides is 2. The van der Waals surface area contributed by atoms with E-state index in [0.29, 0.717) is 12.8 Å². The summed E-state index contributed by atoms with van der Waals surface area (Å²) in [4.78, 5) is 3.78. The third kappa shape index (κ3) is 2.46. The highest BCUT2D eigenvalue weighted by atomic mass is 19.3. The van der Waals surface area contributed by atoms with Crippen molar-refractivity contribution in [2.45, 2.75) is 19.3 Å². The smallest absolute Gasteiger partial charge is 0.423 e. The van der Waals surface area contributed by atoms with Crippen LogP contribution in [0, 0.1) is 17.3 Å². The topological polar surface area (TPSA) is 53.4 Å². The molecule has 17 heavy (non-hydrogen) atoms. The lowest BCUT2D eigenvalue weighted by Gasteiger charge is -2.05. The molecule has 0 saturated heterocycles. The zero-order chi connectivity index (χ0) is 12.5. The van der Waals surface area contributed by atoms with Crippen LogP contribution >= 0.6 is 0 Å². The van der Waals surface area contributed by atoms with Crippen molar-refractivity contribution in [2.75, 3.05) is 0 Å². The summed E-state index contributed by atoms with van der Waals surface area (Å²) in [7, 11) is -1.68. The quantitative estimate of drug-likeness (QED) is 0.569. The minimum absolute atomic E-state index is 0.178. The van der Waals surface area contributed by atoms with Crippen LogP contribution in [0.15, 0.2) is 18.5 Å². The van der Waals surface area contributed by atoms with Crippen LogP contribution in [0.4, 0.5) is 8.78 Å². The highest BCUT2D eigenvalue weighted by Crippen LogP contribution is 2.50. The molecular formula is C11H10BF2NO2. The van der Waals surface area contributed by atoms with Gasteiger partial charge in [-0.05, 0) is 18.9 Å². The normalized spacial score (nSPS) is 16.3. The first-order valence-electron chi connectivity index (χ1n) is 5.16. The predicted molar refractivity (Wildman–Crippen MR) is 58.6 cm³/mol. The van der Waals surface area contributed by atoms with Crippen LogP contribution in [-0.4, -0.2) is 28.6 Å². The van der Waals surface area contributed by atoms with Crippen LogP contribution < -0.4 is 5.46 Å². The molecule has 0 unspecified atom stereocenters. The molecule has 1 saturated carbocycles. The van der Waals surface area contributed by atoms with Gasteiger partial charge in [0.25, 0.3) is 6.43 Å². The summed E-state index contributed by atoms with van der Waals surface area (Å²) in [5.74, 6) is 5.09. The molecular weight excluding hydrogens is 227 g/mol. The molecule has 2 N–H and O–H groups in total. The third-order valence-corrected chi connectivity index (χ3v) is 2.79. The number of halogens is 2. The third-order valence-electron chi connectivity index (χ3n) is 2.79. The molecule has 0 spiro atoms. The fraction of sp³-hybridized carbons (Fsp3) is 0.364. The molecule has 1 aromatic rings. The number of hydrogen-bond donors (Lipinski definition) is 2. The van der Waals surface area contributed by atoms with Crippen LogP contribution in [0.5, 0.6) is 0 Å². The molecule has 6 heteroatoms. The van der Waals surface area contributed by atoms with Gasteiger partial charge in [0.1, 0.15) is 0 Å². The average molecular weight is 237 g/mol. The Balaban J connectivity index is 2.28. The summed E-state index contributed by atoms with van der Waals surface area (Å²) in [6.45, 7) is 0. The van der Waals surface area contributed by atoms with E-state index in [4.69, 9.17) is 10.0 Å². The molecule has 1 aromatic heterocycles. The minimum atomic E-state index is -2.46. The van der Waals surface area contributed by atoms with Gasteiger partial charge in [-0.15, -0.1) is 0 Å². The molecule has 0 aromatic carbocycles. The summed E-state index contributed by atoms with van der Waals surface area (Å²) in [5.41, 5.74) is -0.750. The maximum Gasteiger partial charge on any atom is 0.489 e. The minimum Gasteiger partial charge on any atom is -0.423 e. The van der Waals surface area contributed by atoms with Gasteiger partial charge in [0, 0.05) is 23.4 Å². The van der Waals surface area contributed by atoms with Gasteiger partial charge in [-0.2, -0.15) is 0 Å². The van der Waals surface area contributed by atoms with Gasteiger partial charge in [0.2, 0.25) is 0 Å². The van der Waals surface area contributed by atoms with Gasteiger partial charge in [0.05, 0.1) is 5.41 Å². The molecule has 0 atom stereocenters. The van der Waals surface area contributed by atoms with Crippen molar-refractivity contribution in [3.05, 3.63) is 24.0 Å². The molecule has 1 heterocycles. The Hall–Kier alpha value is -1.45. The second-order valence-corrected chi connectivity index (χ2v) is 4.04. The number of rotatable bonds is 2. The Bertz CT molecular complexity index is 478. The fourth-order valence-corrected chi connectivity index (χ4v) is 1.46. The van der Waals surface area contributed by atoms with Crippen molar-refractivity contribution in [2.24, 2.45) is 5.41 Å². The lowest BCUT2D eigenvalue weighted by Crippen LogP contribution is -2.32. The largest absolute Gasteiger partial charge is 0.489 e. The molecule has 0 amide bonds. The fourth-order valence-electron chi connectivity index (χ4n) is 1.46. The van der Waals surface area contributed by atoms with E-state index in [1.54, 1.807) is 0 Å². The van der Waals surface area contributed by atoms with Crippen LogP contribution in [0.2, 0.25) is 0 Å². The van der Waals surface area contributed by atoms with Gasteiger partial charge in [0.15, 0.2) is 0 Å². The highest BCUT2D eigenvalue weighted by Gasteiger charge is 2.50. The van der Waals surface area contributed by atoms with E-state index in [1.807, 2.05) is 0 Å². The van der Waals surface area contributed by atoms with Gasteiger partial charge in [-0.1, -0.05) is 11.8 Å². The first-order valence-corrected chi connectivity index (χ1v) is 5.16. The summed E-state index contributed by atoms with van der Waals surface area (Å²) in [6.07, 6.45) is 1.03. The number of hydrogen-bond acceptors (Lipinski definition) is 3. The van der Waals surface area contributed by atoms with Crippen molar-refractivity contribution in [3.8, 4) is 11.8 Å². The second-order valence-electron chi connectivity index (χ2n) is 4.04. The zero-order valence-electron chi connectivity index (χ0n) is 8.90. The van der Waals surface area contributed by atoms with Gasteiger partial charge >= 0.3 is 7.12 Å².